The van der Waals surface area contributed by atoms with Crippen LogP contribution in [0.5, 0.6) is 5.75 Å². The number of amides is 1. The van der Waals surface area contributed by atoms with Crippen molar-refractivity contribution < 1.29 is 9.53 Å². The number of anilines is 2. The lowest BCUT2D eigenvalue weighted by Gasteiger charge is -2.13. The van der Waals surface area contributed by atoms with Crippen LogP contribution in [0.2, 0.25) is 0 Å². The number of hydrogen-bond acceptors (Lipinski definition) is 3. The Bertz CT molecular complexity index is 859. The highest BCUT2D eigenvalue weighted by atomic mass is 16.5. The molecule has 0 aromatic heterocycles. The second-order valence-electron chi connectivity index (χ2n) is 6.20. The van der Waals surface area contributed by atoms with Crippen molar-refractivity contribution in [3.63, 3.8) is 0 Å². The molecule has 0 atom stereocenters. The van der Waals surface area contributed by atoms with Gasteiger partial charge in [0.15, 0.2) is 0 Å². The second kappa shape index (κ2) is 8.21. The van der Waals surface area contributed by atoms with Crippen LogP contribution in [0, 0.1) is 0 Å². The normalized spacial score (nSPS) is 10.2. The minimum atomic E-state index is -0.159. The molecule has 0 aliphatic rings. The van der Waals surface area contributed by atoms with Crippen molar-refractivity contribution in [2.75, 3.05) is 24.3 Å². The summed E-state index contributed by atoms with van der Waals surface area (Å²) >= 11 is 0. The topological polar surface area (TPSA) is 41.6 Å². The number of nitrogens with zero attached hydrogens (tertiary/aromatic N) is 1. The minimum Gasteiger partial charge on any atom is -0.489 e. The van der Waals surface area contributed by atoms with Gasteiger partial charge in [0.05, 0.1) is 0 Å². The third-order valence-electron chi connectivity index (χ3n) is 3.99. The molecule has 0 saturated carbocycles. The van der Waals surface area contributed by atoms with Crippen LogP contribution in [0.4, 0.5) is 11.4 Å². The predicted octanol–water partition coefficient (Wildman–Crippen LogP) is 4.58. The van der Waals surface area contributed by atoms with E-state index in [0.29, 0.717) is 17.9 Å². The van der Waals surface area contributed by atoms with Gasteiger partial charge in [0.25, 0.3) is 5.91 Å². The molecule has 3 aromatic carbocycles. The maximum atomic E-state index is 12.5. The fourth-order valence-electron chi connectivity index (χ4n) is 2.51. The summed E-state index contributed by atoms with van der Waals surface area (Å²) in [5.74, 6) is 0.511. The van der Waals surface area contributed by atoms with Crippen molar-refractivity contribution >= 4 is 17.3 Å². The predicted molar refractivity (Wildman–Crippen MR) is 106 cm³/mol. The first-order valence-corrected chi connectivity index (χ1v) is 8.47. The number of carbonyl (C=O) groups is 1. The second-order valence-corrected chi connectivity index (χ2v) is 6.20. The van der Waals surface area contributed by atoms with E-state index in [2.05, 4.69) is 5.32 Å². The van der Waals surface area contributed by atoms with Gasteiger partial charge >= 0.3 is 0 Å². The van der Waals surface area contributed by atoms with Gasteiger partial charge in [-0.25, -0.2) is 0 Å². The molecule has 4 nitrogen and oxygen atoms in total. The Morgan fingerprint density at radius 3 is 2.35 bits per heavy atom. The van der Waals surface area contributed by atoms with Gasteiger partial charge in [-0.3, -0.25) is 4.79 Å². The Hall–Kier alpha value is -3.27. The van der Waals surface area contributed by atoms with Crippen molar-refractivity contribution in [3.8, 4) is 5.75 Å². The molecule has 0 unspecified atom stereocenters. The Morgan fingerprint density at radius 2 is 1.65 bits per heavy atom. The molecule has 3 rings (SSSR count). The van der Waals surface area contributed by atoms with Gasteiger partial charge in [-0.2, -0.15) is 0 Å². The molecular weight excluding hydrogens is 324 g/mol. The van der Waals surface area contributed by atoms with Crippen LogP contribution in [-0.2, 0) is 6.61 Å². The molecule has 0 aliphatic carbocycles. The molecule has 0 saturated heterocycles. The van der Waals surface area contributed by atoms with E-state index >= 15 is 0 Å². The van der Waals surface area contributed by atoms with Crippen molar-refractivity contribution in [2.45, 2.75) is 6.61 Å². The molecule has 0 radical (unpaired) electrons. The molecule has 0 aliphatic heterocycles. The Balaban J connectivity index is 1.64. The molecule has 0 spiro atoms. The quantitative estimate of drug-likeness (QED) is 0.710. The maximum Gasteiger partial charge on any atom is 0.255 e. The molecule has 4 heteroatoms. The van der Waals surface area contributed by atoms with Crippen molar-refractivity contribution in [3.05, 3.63) is 90.0 Å². The van der Waals surface area contributed by atoms with E-state index < -0.39 is 0 Å². The zero-order valence-corrected chi connectivity index (χ0v) is 15.0. The highest BCUT2D eigenvalue weighted by Gasteiger charge is 2.08. The van der Waals surface area contributed by atoms with Gasteiger partial charge in [-0.1, -0.05) is 36.4 Å². The fourth-order valence-corrected chi connectivity index (χ4v) is 2.51. The van der Waals surface area contributed by atoms with Crippen molar-refractivity contribution in [2.24, 2.45) is 0 Å². The van der Waals surface area contributed by atoms with Gasteiger partial charge in [0, 0.05) is 31.0 Å². The molecule has 3 aromatic rings. The van der Waals surface area contributed by atoms with Crippen molar-refractivity contribution in [1.82, 2.24) is 0 Å². The zero-order chi connectivity index (χ0) is 18.4. The summed E-state index contributed by atoms with van der Waals surface area (Å²) in [7, 11) is 3.96. The lowest BCUT2D eigenvalue weighted by Crippen LogP contribution is -2.12. The number of nitrogens with one attached hydrogen (secondary N) is 1. The monoisotopic (exact) mass is 346 g/mol. The summed E-state index contributed by atoms with van der Waals surface area (Å²) < 4.78 is 5.79. The van der Waals surface area contributed by atoms with E-state index in [9.17, 15) is 4.79 Å². The van der Waals surface area contributed by atoms with Crippen molar-refractivity contribution in [1.29, 1.82) is 0 Å². The van der Waals surface area contributed by atoms with Gasteiger partial charge in [-0.15, -0.1) is 0 Å². The van der Waals surface area contributed by atoms with Gasteiger partial charge in [-0.05, 0) is 48.0 Å². The molecule has 1 amide bonds. The average Bonchev–Trinajstić information content (AvgIpc) is 2.68. The summed E-state index contributed by atoms with van der Waals surface area (Å²) in [6.07, 6.45) is 0. The summed E-state index contributed by atoms with van der Waals surface area (Å²) in [4.78, 5) is 14.5. The van der Waals surface area contributed by atoms with E-state index in [1.165, 1.54) is 0 Å². The molecule has 0 heterocycles. The standard InChI is InChI=1S/C22H22N2O2/c1-24(2)20-13-11-19(12-14-20)23-22(25)18-9-6-10-21(15-18)26-16-17-7-4-3-5-8-17/h3-15H,16H2,1-2H3,(H,23,25). The summed E-state index contributed by atoms with van der Waals surface area (Å²) in [6, 6.07) is 24.9. The minimum absolute atomic E-state index is 0.159. The Labute approximate surface area is 154 Å². The number of ether oxygens (including phenoxy) is 1. The van der Waals surface area contributed by atoms with Crippen LogP contribution in [0.3, 0.4) is 0 Å². The number of benzene rings is 3. The number of carbonyl (C=O) groups excluding carboxylic acids is 1. The number of hydrogen-bond donors (Lipinski definition) is 1. The van der Waals surface area contributed by atoms with E-state index in [0.717, 1.165) is 16.9 Å². The van der Waals surface area contributed by atoms with E-state index in [-0.39, 0.29) is 5.91 Å². The zero-order valence-electron chi connectivity index (χ0n) is 15.0. The highest BCUT2D eigenvalue weighted by molar-refractivity contribution is 6.04. The third-order valence-corrected chi connectivity index (χ3v) is 3.99. The smallest absolute Gasteiger partial charge is 0.255 e. The maximum absolute atomic E-state index is 12.5. The van der Waals surface area contributed by atoms with E-state index in [1.807, 2.05) is 85.7 Å². The van der Waals surface area contributed by atoms with E-state index in [4.69, 9.17) is 4.74 Å². The summed E-state index contributed by atoms with van der Waals surface area (Å²) in [6.45, 7) is 0.470. The first-order valence-electron chi connectivity index (χ1n) is 8.47. The number of rotatable bonds is 6. The highest BCUT2D eigenvalue weighted by Crippen LogP contribution is 2.19. The van der Waals surface area contributed by atoms with E-state index in [1.54, 1.807) is 12.1 Å². The third kappa shape index (κ3) is 4.63. The molecule has 0 fully saturated rings. The summed E-state index contributed by atoms with van der Waals surface area (Å²) in [5.41, 5.74) is 3.49. The van der Waals surface area contributed by atoms with Gasteiger partial charge < -0.3 is 15.0 Å². The molecular formula is C22H22N2O2. The van der Waals surface area contributed by atoms with Gasteiger partial charge in [0.2, 0.25) is 0 Å². The Kier molecular flexibility index (Phi) is 5.54. The van der Waals surface area contributed by atoms with Crippen LogP contribution >= 0.6 is 0 Å². The van der Waals surface area contributed by atoms with Gasteiger partial charge in [0.1, 0.15) is 12.4 Å². The lowest BCUT2D eigenvalue weighted by atomic mass is 10.2. The lowest BCUT2D eigenvalue weighted by molar-refractivity contribution is 0.102. The van der Waals surface area contributed by atoms with Crippen LogP contribution < -0.4 is 15.0 Å². The van der Waals surface area contributed by atoms with Crippen LogP contribution in [0.1, 0.15) is 15.9 Å². The van der Waals surface area contributed by atoms with Crippen LogP contribution in [0.15, 0.2) is 78.9 Å². The SMILES string of the molecule is CN(C)c1ccc(NC(=O)c2cccc(OCc3ccccc3)c2)cc1. The first-order chi connectivity index (χ1) is 12.6. The molecule has 132 valence electrons. The Morgan fingerprint density at radius 1 is 0.923 bits per heavy atom. The average molecular weight is 346 g/mol. The first kappa shape index (κ1) is 17.5. The van der Waals surface area contributed by atoms with Crippen LogP contribution in [-0.4, -0.2) is 20.0 Å². The largest absolute Gasteiger partial charge is 0.489 e. The fraction of sp³-hybridized carbons (Fsp3) is 0.136. The molecule has 1 N–H and O–H groups in total. The molecule has 0 bridgehead atoms. The summed E-state index contributed by atoms with van der Waals surface area (Å²) in [5, 5.41) is 2.91. The van der Waals surface area contributed by atoms with Crippen LogP contribution in [0.25, 0.3) is 0 Å². The molecule has 26 heavy (non-hydrogen) atoms.